The molecule has 3 fully saturated rings. The molecule has 0 N–H and O–H groups in total. The zero-order chi connectivity index (χ0) is 65.0. The van der Waals surface area contributed by atoms with Crippen LogP contribution in [0, 0.1) is 41.5 Å². The van der Waals surface area contributed by atoms with E-state index in [9.17, 15) is 0 Å². The summed E-state index contributed by atoms with van der Waals surface area (Å²) in [4.78, 5) is 8.38. The smallest absolute Gasteiger partial charge is 0.0518 e. The molecular weight excluding hydrogens is 1150 g/mol. The minimum Gasteiger partial charge on any atom is -0.334 e. The predicted molar refractivity (Wildman–Crippen MR) is 406 cm³/mol. The fourth-order valence-electron chi connectivity index (χ4n) is 21.6. The van der Waals surface area contributed by atoms with E-state index in [0.717, 1.165) is 19.3 Å². The summed E-state index contributed by atoms with van der Waals surface area (Å²) in [6.07, 6.45) is 14.4. The van der Waals surface area contributed by atoms with Crippen LogP contribution in [0.25, 0.3) is 87.6 Å². The summed E-state index contributed by atoms with van der Waals surface area (Å²) in [5.41, 5.74) is 31.3. The fraction of sp³-hybridized carbons (Fsp3) is 0.326. The lowest BCUT2D eigenvalue weighted by Gasteiger charge is -2.50. The summed E-state index contributed by atoms with van der Waals surface area (Å²) < 4.78 is 0. The molecule has 0 saturated heterocycles. The standard InChI is InChI=1S/C92H91N3/c1-56-59(4)84-79(87(7)45-24-27-48-90(87,10)93(84)63-33-16-13-17-34-63)53-72(56)76-51-75(67-40-30-32-62-31-22-23-39-66(62)67)68-41-42-70-77(73-54-80-85(60(5)57(73)2)94(64-35-18-14-19-36-64)91(11)49-28-25-46-88(80,91)8)52-78(71-44-43-69(76)82(68)83(70)71)74-55-81-86(61(6)58(74)3)95(65-37-20-15-21-38-65)92(12)50-29-26-47-89(81,92)9/h13-23,30-44,51-55H,24-29,45-50H2,1-12H3. The van der Waals surface area contributed by atoms with Gasteiger partial charge in [0, 0.05) is 50.4 Å². The van der Waals surface area contributed by atoms with Gasteiger partial charge in [-0.25, -0.2) is 0 Å². The van der Waals surface area contributed by atoms with Crippen LogP contribution in [0.1, 0.15) is 169 Å². The first-order chi connectivity index (χ1) is 45.9. The van der Waals surface area contributed by atoms with Crippen molar-refractivity contribution in [3.8, 4) is 44.5 Å². The van der Waals surface area contributed by atoms with Gasteiger partial charge >= 0.3 is 0 Å². The Labute approximate surface area is 564 Å². The van der Waals surface area contributed by atoms with Crippen LogP contribution in [-0.4, -0.2) is 16.6 Å². The summed E-state index contributed by atoms with van der Waals surface area (Å²) >= 11 is 0. The third kappa shape index (κ3) is 7.54. The molecule has 0 radical (unpaired) electrons. The van der Waals surface area contributed by atoms with E-state index in [1.807, 2.05) is 0 Å². The lowest BCUT2D eigenvalue weighted by atomic mass is 9.61. The average molecular weight is 1240 g/mol. The summed E-state index contributed by atoms with van der Waals surface area (Å²) in [7, 11) is 0. The minimum atomic E-state index is -0.0791. The van der Waals surface area contributed by atoms with Crippen LogP contribution in [0.3, 0.4) is 0 Å². The first kappa shape index (κ1) is 58.9. The second kappa shape index (κ2) is 20.4. The van der Waals surface area contributed by atoms with Gasteiger partial charge in [-0.2, -0.15) is 0 Å². The molecule has 12 aromatic rings. The maximum absolute atomic E-state index is 2.80. The summed E-state index contributed by atoms with van der Waals surface area (Å²) in [5.74, 6) is 0. The van der Waals surface area contributed by atoms with Crippen LogP contribution < -0.4 is 14.7 Å². The van der Waals surface area contributed by atoms with Crippen molar-refractivity contribution in [1.29, 1.82) is 0 Å². The van der Waals surface area contributed by atoms with E-state index in [4.69, 9.17) is 0 Å². The molecule has 6 unspecified atom stereocenters. The van der Waals surface area contributed by atoms with Gasteiger partial charge in [0.2, 0.25) is 0 Å². The van der Waals surface area contributed by atoms with E-state index in [1.54, 1.807) is 0 Å². The maximum atomic E-state index is 2.80. The van der Waals surface area contributed by atoms with Crippen LogP contribution >= 0.6 is 0 Å². The van der Waals surface area contributed by atoms with Crippen LogP contribution in [0.15, 0.2) is 188 Å². The number of para-hydroxylation sites is 3. The third-order valence-electron chi connectivity index (χ3n) is 27.8. The maximum Gasteiger partial charge on any atom is 0.0518 e. The molecule has 12 aromatic carbocycles. The molecule has 0 spiro atoms. The van der Waals surface area contributed by atoms with Gasteiger partial charge in [-0.1, -0.05) is 181 Å². The van der Waals surface area contributed by atoms with Crippen LogP contribution in [0.5, 0.6) is 0 Å². The SMILES string of the molecule is Cc1c(-c2cc(-c3cc4c(c(C)c3C)N(c3ccccc3)C3(C)CCCCC43C)c3ccc4c(-c5cccc6ccccc56)cc(-c5cc6c(c(C)c5C)N(c5ccccc5)C5(C)CCCCC65C)c5ccc2c3c54)cc2c(c1C)N(c1ccccc1)C1(C)CCCCC21C. The van der Waals surface area contributed by atoms with Gasteiger partial charge < -0.3 is 14.7 Å². The van der Waals surface area contributed by atoms with Crippen molar-refractivity contribution in [3.63, 3.8) is 0 Å². The number of rotatable bonds is 7. The van der Waals surface area contributed by atoms with Gasteiger partial charge in [0.1, 0.15) is 0 Å². The predicted octanol–water partition coefficient (Wildman–Crippen LogP) is 25.5. The van der Waals surface area contributed by atoms with Crippen LogP contribution in [0.2, 0.25) is 0 Å². The van der Waals surface area contributed by atoms with Gasteiger partial charge in [-0.05, 0) is 305 Å². The number of fused-ring (bicyclic) bond motifs is 10. The Morgan fingerprint density at radius 2 is 0.547 bits per heavy atom. The molecule has 3 heteroatoms. The van der Waals surface area contributed by atoms with E-state index in [2.05, 4.69) is 286 Å². The molecule has 0 aromatic heterocycles. The minimum absolute atomic E-state index is 0.0537. The Kier molecular flexibility index (Phi) is 12.7. The summed E-state index contributed by atoms with van der Waals surface area (Å²) in [5, 5.41) is 10.6. The first-order valence-corrected chi connectivity index (χ1v) is 36.1. The van der Waals surface area contributed by atoms with Crippen molar-refractivity contribution in [3.05, 3.63) is 238 Å². The largest absolute Gasteiger partial charge is 0.334 e. The van der Waals surface area contributed by atoms with Crippen molar-refractivity contribution < 1.29 is 0 Å². The molecule has 3 nitrogen and oxygen atoms in total. The molecule has 3 aliphatic carbocycles. The third-order valence-corrected chi connectivity index (χ3v) is 27.8. The highest BCUT2D eigenvalue weighted by Gasteiger charge is 2.61. The van der Waals surface area contributed by atoms with Gasteiger partial charge in [0.25, 0.3) is 0 Å². The highest BCUT2D eigenvalue weighted by molar-refractivity contribution is 6.33. The Morgan fingerprint density at radius 3 is 0.895 bits per heavy atom. The number of hydrogen-bond donors (Lipinski definition) is 0. The van der Waals surface area contributed by atoms with Gasteiger partial charge in [-0.15, -0.1) is 0 Å². The normalized spacial score (nSPS) is 25.2. The van der Waals surface area contributed by atoms with E-state index >= 15 is 0 Å². The highest BCUT2D eigenvalue weighted by atomic mass is 15.3. The van der Waals surface area contributed by atoms with E-state index in [0.29, 0.717) is 0 Å². The van der Waals surface area contributed by atoms with Gasteiger partial charge in [-0.3, -0.25) is 0 Å². The Bertz CT molecular complexity index is 5050. The van der Waals surface area contributed by atoms with Crippen molar-refractivity contribution >= 4 is 77.2 Å². The molecule has 3 heterocycles. The molecule has 474 valence electrons. The Balaban J connectivity index is 0.978. The molecule has 6 atom stereocenters. The van der Waals surface area contributed by atoms with E-state index < -0.39 is 0 Å². The van der Waals surface area contributed by atoms with E-state index in [1.165, 1.54) is 230 Å². The number of anilines is 6. The zero-order valence-electron chi connectivity index (χ0n) is 58.2. The number of benzene rings is 12. The topological polar surface area (TPSA) is 9.72 Å². The molecule has 3 aliphatic heterocycles. The number of nitrogens with zero attached hydrogens (tertiary/aromatic N) is 3. The van der Waals surface area contributed by atoms with Crippen LogP contribution in [0.4, 0.5) is 34.1 Å². The molecule has 6 aliphatic rings. The quantitative estimate of drug-likeness (QED) is 0.147. The first-order valence-electron chi connectivity index (χ1n) is 36.1. The van der Waals surface area contributed by atoms with Crippen LogP contribution in [-0.2, 0) is 16.2 Å². The second-order valence-electron chi connectivity index (χ2n) is 31.7. The monoisotopic (exact) mass is 1240 g/mol. The van der Waals surface area contributed by atoms with Crippen molar-refractivity contribution in [1.82, 2.24) is 0 Å². The second-order valence-corrected chi connectivity index (χ2v) is 31.7. The van der Waals surface area contributed by atoms with Crippen molar-refractivity contribution in [2.75, 3.05) is 14.7 Å². The molecule has 0 bridgehead atoms. The van der Waals surface area contributed by atoms with Gasteiger partial charge in [0.05, 0.1) is 16.6 Å². The molecular formula is C92H91N3. The lowest BCUT2D eigenvalue weighted by Crippen LogP contribution is -2.54. The summed E-state index contributed by atoms with van der Waals surface area (Å²) in [6, 6.07) is 74.0. The molecule has 0 amide bonds. The average Bonchev–Trinajstić information content (AvgIpc) is 1.59. The Morgan fingerprint density at radius 1 is 0.253 bits per heavy atom. The van der Waals surface area contributed by atoms with E-state index in [-0.39, 0.29) is 32.9 Å². The summed E-state index contributed by atoms with van der Waals surface area (Å²) in [6.45, 7) is 30.4. The Hall–Kier alpha value is -8.66. The van der Waals surface area contributed by atoms with Crippen molar-refractivity contribution in [2.45, 2.75) is 193 Å². The zero-order valence-corrected chi connectivity index (χ0v) is 58.2. The van der Waals surface area contributed by atoms with Gasteiger partial charge in [0.15, 0.2) is 0 Å². The highest BCUT2D eigenvalue weighted by Crippen LogP contribution is 2.67. The molecule has 95 heavy (non-hydrogen) atoms. The lowest BCUT2D eigenvalue weighted by molar-refractivity contribution is 0.195. The van der Waals surface area contributed by atoms with Crippen molar-refractivity contribution in [2.24, 2.45) is 0 Å². The number of hydrogen-bond acceptors (Lipinski definition) is 3. The molecule has 18 rings (SSSR count). The molecule has 3 saturated carbocycles. The fourth-order valence-corrected chi connectivity index (χ4v) is 21.6.